The molecule has 14 heavy (non-hydrogen) atoms. The van der Waals surface area contributed by atoms with E-state index in [4.69, 9.17) is 14.2 Å². The van der Waals surface area contributed by atoms with Crippen LogP contribution in [0.5, 0.6) is 0 Å². The topological polar surface area (TPSA) is 27.7 Å². The first-order valence-electron chi connectivity index (χ1n) is 5.03. The maximum atomic E-state index is 5.74. The second kappa shape index (κ2) is 4.73. The van der Waals surface area contributed by atoms with Crippen molar-refractivity contribution in [3.63, 3.8) is 0 Å². The molecular weight excluding hydrogens is 180 g/mol. The van der Waals surface area contributed by atoms with Crippen LogP contribution in [0.25, 0.3) is 0 Å². The Balaban J connectivity index is 1.90. The van der Waals surface area contributed by atoms with Crippen LogP contribution >= 0.6 is 0 Å². The Kier molecular flexibility index (Phi) is 3.35. The van der Waals surface area contributed by atoms with Crippen molar-refractivity contribution in [2.24, 2.45) is 0 Å². The van der Waals surface area contributed by atoms with Gasteiger partial charge in [-0.1, -0.05) is 18.2 Å². The van der Waals surface area contributed by atoms with E-state index in [1.54, 1.807) is 7.11 Å². The van der Waals surface area contributed by atoms with Crippen molar-refractivity contribution in [2.45, 2.75) is 25.2 Å². The molecule has 0 aromatic heterocycles. The molecule has 0 spiro atoms. The monoisotopic (exact) mass is 196 g/mol. The third-order valence-electron chi connectivity index (χ3n) is 2.45. The van der Waals surface area contributed by atoms with Gasteiger partial charge in [0.15, 0.2) is 6.29 Å². The highest BCUT2D eigenvalue weighted by Crippen LogP contribution is 2.22. The van der Waals surface area contributed by atoms with Crippen LogP contribution in [-0.2, 0) is 14.2 Å². The van der Waals surface area contributed by atoms with E-state index < -0.39 is 0 Å². The average Bonchev–Trinajstić information content (AvgIpc) is 2.71. The Hall–Kier alpha value is -0.640. The summed E-state index contributed by atoms with van der Waals surface area (Å²) < 4.78 is 16.4. The summed E-state index contributed by atoms with van der Waals surface area (Å²) in [6.07, 6.45) is 8.23. The molecule has 2 aliphatic rings. The Bertz CT molecular complexity index is 243. The van der Waals surface area contributed by atoms with E-state index in [2.05, 4.69) is 18.2 Å². The normalized spacial score (nSPS) is 31.9. The second-order valence-electron chi connectivity index (χ2n) is 3.55. The summed E-state index contributed by atoms with van der Waals surface area (Å²) in [4.78, 5) is 0. The number of ether oxygens (including phenoxy) is 3. The third-order valence-corrected chi connectivity index (χ3v) is 2.45. The molecule has 0 aromatic rings. The Morgan fingerprint density at radius 3 is 3.21 bits per heavy atom. The lowest BCUT2D eigenvalue weighted by molar-refractivity contribution is -0.201. The smallest absolute Gasteiger partial charge is 0.183 e. The van der Waals surface area contributed by atoms with Crippen LogP contribution in [0.1, 0.15) is 12.8 Å². The van der Waals surface area contributed by atoms with Crippen molar-refractivity contribution in [1.82, 2.24) is 0 Å². The van der Waals surface area contributed by atoms with E-state index >= 15 is 0 Å². The zero-order chi connectivity index (χ0) is 9.80. The molecule has 0 N–H and O–H groups in total. The summed E-state index contributed by atoms with van der Waals surface area (Å²) in [5, 5.41) is 0. The van der Waals surface area contributed by atoms with Crippen LogP contribution < -0.4 is 0 Å². The highest BCUT2D eigenvalue weighted by molar-refractivity contribution is 5.28. The van der Waals surface area contributed by atoms with Crippen LogP contribution in [0, 0.1) is 0 Å². The van der Waals surface area contributed by atoms with Gasteiger partial charge in [0.1, 0.15) is 0 Å². The van der Waals surface area contributed by atoms with E-state index in [1.807, 2.05) is 0 Å². The van der Waals surface area contributed by atoms with Gasteiger partial charge in [0.05, 0.1) is 19.3 Å². The molecule has 0 aromatic carbocycles. The molecule has 0 bridgehead atoms. The lowest BCUT2D eigenvalue weighted by atomic mass is 10.2. The lowest BCUT2D eigenvalue weighted by Gasteiger charge is -2.30. The number of allylic oxidation sites excluding steroid dienone is 2. The van der Waals surface area contributed by atoms with Crippen molar-refractivity contribution in [3.8, 4) is 0 Å². The van der Waals surface area contributed by atoms with Gasteiger partial charge in [-0.2, -0.15) is 0 Å². The Labute approximate surface area is 84.3 Å². The van der Waals surface area contributed by atoms with Crippen molar-refractivity contribution in [3.05, 3.63) is 23.8 Å². The molecule has 1 fully saturated rings. The molecule has 2 atom stereocenters. The van der Waals surface area contributed by atoms with Crippen molar-refractivity contribution >= 4 is 0 Å². The molecule has 78 valence electrons. The zero-order valence-corrected chi connectivity index (χ0v) is 8.44. The van der Waals surface area contributed by atoms with Crippen LogP contribution in [0.2, 0.25) is 0 Å². The van der Waals surface area contributed by atoms with E-state index in [0.29, 0.717) is 6.61 Å². The van der Waals surface area contributed by atoms with Gasteiger partial charge in [-0.3, -0.25) is 0 Å². The fraction of sp³-hybridized carbons (Fsp3) is 0.636. The minimum Gasteiger partial charge on any atom is -0.382 e. The first kappa shape index (κ1) is 9.90. The van der Waals surface area contributed by atoms with E-state index in [1.165, 1.54) is 0 Å². The molecule has 2 rings (SSSR count). The minimum atomic E-state index is -0.178. The third kappa shape index (κ3) is 2.23. The Morgan fingerprint density at radius 2 is 2.50 bits per heavy atom. The van der Waals surface area contributed by atoms with Crippen LogP contribution in [0.15, 0.2) is 23.8 Å². The van der Waals surface area contributed by atoms with Gasteiger partial charge in [-0.25, -0.2) is 0 Å². The van der Waals surface area contributed by atoms with E-state index in [0.717, 1.165) is 25.0 Å². The first-order chi connectivity index (χ1) is 6.90. The molecule has 1 heterocycles. The molecule has 3 heteroatoms. The molecule has 1 saturated heterocycles. The highest BCUT2D eigenvalue weighted by Gasteiger charge is 2.25. The van der Waals surface area contributed by atoms with E-state index in [9.17, 15) is 0 Å². The van der Waals surface area contributed by atoms with Gasteiger partial charge in [-0.05, 0) is 12.8 Å². The number of hydrogen-bond acceptors (Lipinski definition) is 3. The van der Waals surface area contributed by atoms with Gasteiger partial charge < -0.3 is 14.2 Å². The lowest BCUT2D eigenvalue weighted by Crippen LogP contribution is -2.35. The number of rotatable bonds is 3. The van der Waals surface area contributed by atoms with Crippen LogP contribution in [0.3, 0.4) is 0 Å². The van der Waals surface area contributed by atoms with Gasteiger partial charge in [0, 0.05) is 12.7 Å². The molecule has 3 nitrogen and oxygen atoms in total. The summed E-state index contributed by atoms with van der Waals surface area (Å²) >= 11 is 0. The SMILES string of the molecule is COC[C@@H]1CCO[C@H](C2=CCC=C2)O1. The molecule has 0 saturated carbocycles. The average molecular weight is 196 g/mol. The molecule has 1 aliphatic heterocycles. The number of methoxy groups -OCH3 is 1. The summed E-state index contributed by atoms with van der Waals surface area (Å²) in [5.74, 6) is 0. The second-order valence-corrected chi connectivity index (χ2v) is 3.55. The first-order valence-corrected chi connectivity index (χ1v) is 5.03. The van der Waals surface area contributed by atoms with Crippen molar-refractivity contribution in [1.29, 1.82) is 0 Å². The largest absolute Gasteiger partial charge is 0.382 e. The fourth-order valence-electron chi connectivity index (χ4n) is 1.72. The molecule has 0 unspecified atom stereocenters. The summed E-state index contributed by atoms with van der Waals surface area (Å²) in [5.41, 5.74) is 1.14. The van der Waals surface area contributed by atoms with Gasteiger partial charge in [-0.15, -0.1) is 0 Å². The van der Waals surface area contributed by atoms with Crippen molar-refractivity contribution < 1.29 is 14.2 Å². The standard InChI is InChI=1S/C11H16O3/c1-12-8-10-6-7-13-11(14-10)9-4-2-3-5-9/h2,4-5,10-11H,3,6-8H2,1H3/t10-,11-/m0/s1. The van der Waals surface area contributed by atoms with Gasteiger partial charge >= 0.3 is 0 Å². The van der Waals surface area contributed by atoms with Crippen LogP contribution in [0.4, 0.5) is 0 Å². The molecule has 1 aliphatic carbocycles. The fourth-order valence-corrected chi connectivity index (χ4v) is 1.72. The molecule has 0 amide bonds. The maximum absolute atomic E-state index is 5.74. The Morgan fingerprint density at radius 1 is 1.57 bits per heavy atom. The van der Waals surface area contributed by atoms with Crippen LogP contribution in [-0.4, -0.2) is 32.7 Å². The molecule has 0 radical (unpaired) electrons. The predicted octanol–water partition coefficient (Wildman–Crippen LogP) is 1.65. The quantitative estimate of drug-likeness (QED) is 0.687. The zero-order valence-electron chi connectivity index (χ0n) is 8.44. The summed E-state index contributed by atoms with van der Waals surface area (Å²) in [7, 11) is 1.70. The van der Waals surface area contributed by atoms with Gasteiger partial charge in [0.25, 0.3) is 0 Å². The maximum Gasteiger partial charge on any atom is 0.183 e. The summed E-state index contributed by atoms with van der Waals surface area (Å²) in [6.45, 7) is 1.40. The number of hydrogen-bond donors (Lipinski definition) is 0. The van der Waals surface area contributed by atoms with Crippen molar-refractivity contribution in [2.75, 3.05) is 20.3 Å². The molecular formula is C11H16O3. The highest BCUT2D eigenvalue weighted by atomic mass is 16.7. The summed E-state index contributed by atoms with van der Waals surface area (Å²) in [6, 6.07) is 0. The van der Waals surface area contributed by atoms with Gasteiger partial charge in [0.2, 0.25) is 0 Å². The predicted molar refractivity (Wildman–Crippen MR) is 52.9 cm³/mol. The van der Waals surface area contributed by atoms with E-state index in [-0.39, 0.29) is 12.4 Å². The minimum absolute atomic E-state index is 0.175.